The molecule has 0 saturated heterocycles. The van der Waals surface area contributed by atoms with Crippen LogP contribution in [-0.2, 0) is 6.54 Å². The van der Waals surface area contributed by atoms with Crippen LogP contribution in [0, 0.1) is 6.92 Å². The van der Waals surface area contributed by atoms with Crippen molar-refractivity contribution in [2.45, 2.75) is 104 Å². The van der Waals surface area contributed by atoms with E-state index in [1.165, 1.54) is 76.0 Å². The predicted octanol–water partition coefficient (Wildman–Crippen LogP) is 6.32. The molecule has 0 bridgehead atoms. The summed E-state index contributed by atoms with van der Waals surface area (Å²) < 4.78 is 8.23. The van der Waals surface area contributed by atoms with Gasteiger partial charge in [0, 0.05) is 11.3 Å². The van der Waals surface area contributed by atoms with E-state index in [1.54, 1.807) is 29.5 Å². The number of ether oxygens (including phenoxy) is 1. The van der Waals surface area contributed by atoms with E-state index < -0.39 is 0 Å². The molecular weight excluding hydrogens is 610 g/mol. The maximum Gasteiger partial charge on any atom is 0.323 e. The van der Waals surface area contributed by atoms with Gasteiger partial charge in [0.2, 0.25) is 5.51 Å². The number of hydrogen-bond donors (Lipinski definition) is 2. The zero-order valence-corrected chi connectivity index (χ0v) is 28.0. The number of nitrogens with zero attached hydrogens (tertiary/aromatic N) is 1. The Kier molecular flexibility index (Phi) is 17.1. The van der Waals surface area contributed by atoms with Crippen LogP contribution in [0.5, 0.6) is 5.75 Å². The van der Waals surface area contributed by atoms with Gasteiger partial charge in [0.25, 0.3) is 0 Å². The molecule has 0 aliphatic carbocycles. The van der Waals surface area contributed by atoms with Gasteiger partial charge in [-0.2, -0.15) is 4.57 Å². The second-order valence-corrected chi connectivity index (χ2v) is 12.0. The zero-order valence-electron chi connectivity index (χ0n) is 25.6. The fourth-order valence-electron chi connectivity index (χ4n) is 4.90. The molecule has 0 unspecified atom stereocenters. The third-order valence-electron chi connectivity index (χ3n) is 7.19. The summed E-state index contributed by atoms with van der Waals surface area (Å²) >= 11 is 1.72. The summed E-state index contributed by atoms with van der Waals surface area (Å²) in [5.74, 6) is 0.352. The molecule has 0 aliphatic heterocycles. The Hall–Kier alpha value is -2.71. The SMILES string of the molecule is CCCCCCCCCCCCCCOc1c(NC(=O)Nc2ccc(C[n+]3csc(C)c3)cc2)cccc1C(C)=O.[Br-]. The van der Waals surface area contributed by atoms with Crippen molar-refractivity contribution >= 4 is 34.5 Å². The summed E-state index contributed by atoms with van der Waals surface area (Å²) in [6.45, 7) is 7.17. The summed E-state index contributed by atoms with van der Waals surface area (Å²) in [5.41, 5.74) is 4.92. The lowest BCUT2D eigenvalue weighted by Gasteiger charge is -2.16. The molecule has 42 heavy (non-hydrogen) atoms. The lowest BCUT2D eigenvalue weighted by molar-refractivity contribution is -0.683. The molecule has 1 heterocycles. The Morgan fingerprint density at radius 3 is 2.02 bits per heavy atom. The van der Waals surface area contributed by atoms with Crippen molar-refractivity contribution in [3.05, 3.63) is 70.2 Å². The number of unbranched alkanes of at least 4 members (excludes halogenated alkanes) is 11. The number of aromatic nitrogens is 1. The number of benzene rings is 2. The topological polar surface area (TPSA) is 71.3 Å². The molecule has 230 valence electrons. The monoisotopic (exact) mass is 657 g/mol. The van der Waals surface area contributed by atoms with Gasteiger partial charge in [-0.25, -0.2) is 4.79 Å². The fourth-order valence-corrected chi connectivity index (χ4v) is 5.54. The van der Waals surface area contributed by atoms with E-state index in [4.69, 9.17) is 4.74 Å². The number of ketones is 1. The highest BCUT2D eigenvalue weighted by atomic mass is 79.9. The zero-order chi connectivity index (χ0) is 29.3. The van der Waals surface area contributed by atoms with Crippen LogP contribution in [0.1, 0.15) is 112 Å². The number of urea groups is 1. The smallest absolute Gasteiger partial charge is 0.323 e. The Morgan fingerprint density at radius 1 is 0.833 bits per heavy atom. The molecule has 0 aliphatic rings. The summed E-state index contributed by atoms with van der Waals surface area (Å²) in [5, 5.41) is 5.76. The van der Waals surface area contributed by atoms with Crippen LogP contribution >= 0.6 is 11.3 Å². The Morgan fingerprint density at radius 2 is 1.45 bits per heavy atom. The minimum absolute atomic E-state index is 0. The predicted molar refractivity (Wildman–Crippen MR) is 170 cm³/mol. The maximum atomic E-state index is 12.8. The van der Waals surface area contributed by atoms with Gasteiger partial charge in [0.15, 0.2) is 24.3 Å². The number of rotatable bonds is 19. The summed E-state index contributed by atoms with van der Waals surface area (Å²) in [6.07, 6.45) is 17.4. The number of aryl methyl sites for hydroxylation is 1. The largest absolute Gasteiger partial charge is 1.00 e. The van der Waals surface area contributed by atoms with E-state index in [1.807, 2.05) is 24.3 Å². The molecule has 3 rings (SSSR count). The van der Waals surface area contributed by atoms with Gasteiger partial charge in [-0.3, -0.25) is 4.79 Å². The van der Waals surface area contributed by atoms with Crippen LogP contribution in [0.3, 0.4) is 0 Å². The molecule has 0 spiro atoms. The number of thiazole rings is 1. The van der Waals surface area contributed by atoms with Crippen molar-refractivity contribution in [3.63, 3.8) is 0 Å². The van der Waals surface area contributed by atoms with Crippen molar-refractivity contribution < 1.29 is 35.9 Å². The number of para-hydroxylation sites is 1. The first-order valence-corrected chi connectivity index (χ1v) is 16.2. The first-order chi connectivity index (χ1) is 20.0. The fraction of sp³-hybridized carbons (Fsp3) is 0.500. The molecule has 2 amide bonds. The van der Waals surface area contributed by atoms with Crippen LogP contribution < -0.4 is 36.9 Å². The third kappa shape index (κ3) is 13.1. The Labute approximate surface area is 267 Å². The first kappa shape index (κ1) is 35.5. The van der Waals surface area contributed by atoms with Crippen molar-refractivity contribution in [2.75, 3.05) is 17.2 Å². The van der Waals surface area contributed by atoms with Crippen molar-refractivity contribution in [1.82, 2.24) is 0 Å². The van der Waals surface area contributed by atoms with Crippen LogP contribution in [0.25, 0.3) is 0 Å². The number of Topliss-reactive ketones (excluding diaryl/α,β-unsaturated/α-hetero) is 1. The number of amides is 2. The van der Waals surface area contributed by atoms with Gasteiger partial charge in [-0.05, 0) is 44.5 Å². The van der Waals surface area contributed by atoms with Gasteiger partial charge in [0.05, 0.1) is 22.7 Å². The van der Waals surface area contributed by atoms with E-state index in [9.17, 15) is 9.59 Å². The molecular formula is C34H48BrN3O3S. The minimum atomic E-state index is -0.378. The molecule has 2 N–H and O–H groups in total. The van der Waals surface area contributed by atoms with E-state index in [2.05, 4.69) is 40.8 Å². The van der Waals surface area contributed by atoms with Crippen LogP contribution in [0.15, 0.2) is 54.2 Å². The number of anilines is 2. The average molecular weight is 659 g/mol. The van der Waals surface area contributed by atoms with Crippen LogP contribution in [0.2, 0.25) is 0 Å². The maximum absolute atomic E-state index is 12.8. The van der Waals surface area contributed by atoms with E-state index in [0.29, 0.717) is 29.3 Å². The van der Waals surface area contributed by atoms with E-state index in [-0.39, 0.29) is 28.8 Å². The number of halogens is 1. The van der Waals surface area contributed by atoms with Gasteiger partial charge in [-0.1, -0.05) is 107 Å². The molecule has 0 atom stereocenters. The highest BCUT2D eigenvalue weighted by Crippen LogP contribution is 2.30. The van der Waals surface area contributed by atoms with E-state index in [0.717, 1.165) is 24.9 Å². The molecule has 0 radical (unpaired) electrons. The van der Waals surface area contributed by atoms with Crippen molar-refractivity contribution in [1.29, 1.82) is 0 Å². The van der Waals surface area contributed by atoms with Gasteiger partial charge in [0.1, 0.15) is 0 Å². The highest BCUT2D eigenvalue weighted by Gasteiger charge is 2.16. The number of nitrogens with one attached hydrogen (secondary N) is 2. The standard InChI is InChI=1S/C34H47N3O3S.BrH/c1-4-5-6-7-8-9-10-11-12-13-14-15-23-40-33-31(28(3)38)17-16-18-32(33)36-34(39)35-30-21-19-29(20-22-30)25-37-24-27(2)41-26-37;/h16-22,24,26H,4-15,23,25H2,1-3H3,(H-,35,36,39);1H. The quantitative estimate of drug-likeness (QED) is 0.0900. The lowest BCUT2D eigenvalue weighted by Crippen LogP contribution is -3.00. The molecule has 3 aromatic rings. The minimum Gasteiger partial charge on any atom is -1.00 e. The number of hydrogen-bond acceptors (Lipinski definition) is 4. The molecule has 1 aromatic heterocycles. The first-order valence-electron chi connectivity index (χ1n) is 15.3. The van der Waals surface area contributed by atoms with Gasteiger partial charge in [-0.15, -0.1) is 0 Å². The average Bonchev–Trinajstić information content (AvgIpc) is 3.37. The Bertz CT molecular complexity index is 1210. The molecule has 0 saturated carbocycles. The number of carbonyl (C=O) groups is 2. The summed E-state index contributed by atoms with van der Waals surface area (Å²) in [7, 11) is 0. The third-order valence-corrected chi connectivity index (χ3v) is 8.04. The lowest BCUT2D eigenvalue weighted by atomic mass is 10.1. The van der Waals surface area contributed by atoms with Crippen LogP contribution in [0.4, 0.5) is 16.2 Å². The van der Waals surface area contributed by atoms with Crippen molar-refractivity contribution in [3.8, 4) is 5.75 Å². The normalized spacial score (nSPS) is 10.6. The molecule has 2 aromatic carbocycles. The Balaban J connectivity index is 0.00000616. The number of carbonyl (C=O) groups excluding carboxylic acids is 2. The highest BCUT2D eigenvalue weighted by molar-refractivity contribution is 7.09. The van der Waals surface area contributed by atoms with E-state index >= 15 is 0 Å². The second-order valence-electron chi connectivity index (χ2n) is 10.9. The second kappa shape index (κ2) is 20.2. The summed E-state index contributed by atoms with van der Waals surface area (Å²) in [4.78, 5) is 26.4. The summed E-state index contributed by atoms with van der Waals surface area (Å²) in [6, 6.07) is 12.7. The van der Waals surface area contributed by atoms with Gasteiger partial charge >= 0.3 is 6.03 Å². The molecule has 8 heteroatoms. The molecule has 0 fully saturated rings. The van der Waals surface area contributed by atoms with Crippen LogP contribution in [-0.4, -0.2) is 18.4 Å². The van der Waals surface area contributed by atoms with Gasteiger partial charge < -0.3 is 32.4 Å². The molecule has 6 nitrogen and oxygen atoms in total. The van der Waals surface area contributed by atoms with Crippen molar-refractivity contribution in [2.24, 2.45) is 0 Å².